The summed E-state index contributed by atoms with van der Waals surface area (Å²) in [5.74, 6) is -0.197. The second-order valence-electron chi connectivity index (χ2n) is 3.05. The van der Waals surface area contributed by atoms with Crippen molar-refractivity contribution in [2.24, 2.45) is 0 Å². The first-order valence-electron chi connectivity index (χ1n) is 4.26. The number of rotatable bonds is 1. The summed E-state index contributed by atoms with van der Waals surface area (Å²) in [6, 6.07) is 5.74. The van der Waals surface area contributed by atoms with E-state index >= 15 is 0 Å². The van der Waals surface area contributed by atoms with E-state index in [1.807, 2.05) is 25.1 Å². The van der Waals surface area contributed by atoms with Crippen LogP contribution in [0.15, 0.2) is 18.2 Å². The minimum atomic E-state index is -0.444. The van der Waals surface area contributed by atoms with Crippen molar-refractivity contribution in [1.82, 2.24) is 9.97 Å². The zero-order valence-corrected chi connectivity index (χ0v) is 8.00. The monoisotopic (exact) mass is 190 g/mol. The fourth-order valence-electron chi connectivity index (χ4n) is 1.37. The van der Waals surface area contributed by atoms with Gasteiger partial charge in [-0.05, 0) is 18.6 Å². The van der Waals surface area contributed by atoms with E-state index in [-0.39, 0.29) is 5.82 Å². The number of H-pyrrole nitrogens is 1. The van der Waals surface area contributed by atoms with E-state index in [0.29, 0.717) is 0 Å². The van der Waals surface area contributed by atoms with Gasteiger partial charge in [0.2, 0.25) is 5.82 Å². The number of aromatic amines is 1. The molecule has 0 unspecified atom stereocenters. The summed E-state index contributed by atoms with van der Waals surface area (Å²) in [7, 11) is 1.34. The number of fused-ring (bicyclic) bond motifs is 1. The van der Waals surface area contributed by atoms with Gasteiger partial charge in [-0.15, -0.1) is 0 Å². The molecule has 0 radical (unpaired) electrons. The fourth-order valence-corrected chi connectivity index (χ4v) is 1.37. The van der Waals surface area contributed by atoms with Crippen LogP contribution >= 0.6 is 0 Å². The molecule has 0 aliphatic carbocycles. The van der Waals surface area contributed by atoms with Crippen LogP contribution in [0.3, 0.4) is 0 Å². The number of para-hydroxylation sites is 1. The lowest BCUT2D eigenvalue weighted by Crippen LogP contribution is -2.02. The van der Waals surface area contributed by atoms with E-state index in [4.69, 9.17) is 0 Å². The average molecular weight is 190 g/mol. The third-order valence-electron chi connectivity index (χ3n) is 2.09. The van der Waals surface area contributed by atoms with Crippen LogP contribution in [0.25, 0.3) is 11.0 Å². The summed E-state index contributed by atoms with van der Waals surface area (Å²) in [5.41, 5.74) is 2.70. The molecule has 1 aromatic carbocycles. The number of carbonyl (C=O) groups is 1. The highest BCUT2D eigenvalue weighted by Gasteiger charge is 2.11. The first-order valence-corrected chi connectivity index (χ1v) is 4.26. The minimum Gasteiger partial charge on any atom is -0.463 e. The van der Waals surface area contributed by atoms with Gasteiger partial charge in [0.25, 0.3) is 0 Å². The second-order valence-corrected chi connectivity index (χ2v) is 3.05. The number of hydrogen-bond acceptors (Lipinski definition) is 3. The van der Waals surface area contributed by atoms with Crippen LogP contribution in [0.5, 0.6) is 0 Å². The number of aromatic nitrogens is 2. The maximum Gasteiger partial charge on any atom is 0.374 e. The van der Waals surface area contributed by atoms with Crippen LogP contribution in [0.1, 0.15) is 16.2 Å². The molecule has 2 aromatic rings. The van der Waals surface area contributed by atoms with E-state index in [0.717, 1.165) is 16.6 Å². The van der Waals surface area contributed by atoms with Crippen molar-refractivity contribution in [3.05, 3.63) is 29.6 Å². The molecular formula is C10H10N2O2. The van der Waals surface area contributed by atoms with Gasteiger partial charge in [-0.1, -0.05) is 12.1 Å². The SMILES string of the molecule is COC(=O)c1nc2c(C)cccc2[nH]1. The smallest absolute Gasteiger partial charge is 0.374 e. The van der Waals surface area contributed by atoms with E-state index < -0.39 is 5.97 Å². The first kappa shape index (κ1) is 8.74. The number of methoxy groups -OCH3 is 1. The molecule has 14 heavy (non-hydrogen) atoms. The summed E-state index contributed by atoms with van der Waals surface area (Å²) in [6.07, 6.45) is 0. The highest BCUT2D eigenvalue weighted by Crippen LogP contribution is 2.15. The van der Waals surface area contributed by atoms with Crippen molar-refractivity contribution in [2.75, 3.05) is 7.11 Å². The van der Waals surface area contributed by atoms with Gasteiger partial charge in [0.05, 0.1) is 18.1 Å². The number of hydrogen-bond donors (Lipinski definition) is 1. The van der Waals surface area contributed by atoms with Crippen molar-refractivity contribution in [2.45, 2.75) is 6.92 Å². The number of nitrogens with zero attached hydrogens (tertiary/aromatic N) is 1. The minimum absolute atomic E-state index is 0.247. The molecule has 4 nitrogen and oxygen atoms in total. The lowest BCUT2D eigenvalue weighted by atomic mass is 10.2. The van der Waals surface area contributed by atoms with E-state index in [1.54, 1.807) is 0 Å². The molecule has 0 bridgehead atoms. The van der Waals surface area contributed by atoms with Gasteiger partial charge in [0.15, 0.2) is 0 Å². The molecular weight excluding hydrogens is 180 g/mol. The number of esters is 1. The molecule has 1 aromatic heterocycles. The normalized spacial score (nSPS) is 10.4. The Bertz CT molecular complexity index is 488. The van der Waals surface area contributed by atoms with Crippen LogP contribution in [0.4, 0.5) is 0 Å². The van der Waals surface area contributed by atoms with Gasteiger partial charge in [-0.3, -0.25) is 0 Å². The molecule has 0 spiro atoms. The molecule has 2 rings (SSSR count). The number of benzene rings is 1. The number of imidazole rings is 1. The lowest BCUT2D eigenvalue weighted by Gasteiger charge is -1.90. The molecule has 0 saturated carbocycles. The van der Waals surface area contributed by atoms with Gasteiger partial charge in [-0.25, -0.2) is 9.78 Å². The number of aryl methyl sites for hydroxylation is 1. The van der Waals surface area contributed by atoms with Crippen molar-refractivity contribution < 1.29 is 9.53 Å². The van der Waals surface area contributed by atoms with Crippen LogP contribution in [0.2, 0.25) is 0 Å². The van der Waals surface area contributed by atoms with Gasteiger partial charge in [0.1, 0.15) is 0 Å². The zero-order chi connectivity index (χ0) is 10.1. The van der Waals surface area contributed by atoms with Gasteiger partial charge < -0.3 is 9.72 Å². The predicted molar refractivity (Wildman–Crippen MR) is 52.2 cm³/mol. The average Bonchev–Trinajstić information content (AvgIpc) is 2.62. The Morgan fingerprint density at radius 3 is 2.93 bits per heavy atom. The molecule has 4 heteroatoms. The Balaban J connectivity index is 2.62. The number of carbonyl (C=O) groups excluding carboxylic acids is 1. The standard InChI is InChI=1S/C10H10N2O2/c1-6-4-3-5-7-8(6)12-9(11-7)10(13)14-2/h3-5H,1-2H3,(H,11,12). The summed E-state index contributed by atoms with van der Waals surface area (Å²) < 4.78 is 4.57. The third-order valence-corrected chi connectivity index (χ3v) is 2.09. The van der Waals surface area contributed by atoms with Gasteiger partial charge in [0, 0.05) is 0 Å². The van der Waals surface area contributed by atoms with Crippen LogP contribution in [-0.2, 0) is 4.74 Å². The molecule has 0 amide bonds. The first-order chi connectivity index (χ1) is 6.72. The van der Waals surface area contributed by atoms with Gasteiger partial charge in [-0.2, -0.15) is 0 Å². The largest absolute Gasteiger partial charge is 0.463 e. The second kappa shape index (κ2) is 3.14. The lowest BCUT2D eigenvalue weighted by molar-refractivity contribution is 0.0588. The molecule has 0 saturated heterocycles. The molecule has 1 heterocycles. The van der Waals surface area contributed by atoms with E-state index in [9.17, 15) is 4.79 Å². The number of nitrogens with one attached hydrogen (secondary N) is 1. The van der Waals surface area contributed by atoms with Crippen LogP contribution in [-0.4, -0.2) is 23.0 Å². The van der Waals surface area contributed by atoms with Crippen molar-refractivity contribution in [3.8, 4) is 0 Å². The molecule has 0 aliphatic heterocycles. The van der Waals surface area contributed by atoms with Crippen LogP contribution < -0.4 is 0 Å². The van der Waals surface area contributed by atoms with E-state index in [1.165, 1.54) is 7.11 Å². The van der Waals surface area contributed by atoms with E-state index in [2.05, 4.69) is 14.7 Å². The molecule has 0 atom stereocenters. The fraction of sp³-hybridized carbons (Fsp3) is 0.200. The predicted octanol–water partition coefficient (Wildman–Crippen LogP) is 1.66. The highest BCUT2D eigenvalue weighted by molar-refractivity contribution is 5.90. The summed E-state index contributed by atoms with van der Waals surface area (Å²) in [4.78, 5) is 18.2. The molecule has 0 fully saturated rings. The number of ether oxygens (including phenoxy) is 1. The Morgan fingerprint density at radius 2 is 2.29 bits per heavy atom. The maximum absolute atomic E-state index is 11.2. The molecule has 72 valence electrons. The Kier molecular flexibility index (Phi) is 1.96. The third kappa shape index (κ3) is 1.25. The summed E-state index contributed by atoms with van der Waals surface area (Å²) in [6.45, 7) is 1.95. The quantitative estimate of drug-likeness (QED) is 0.696. The topological polar surface area (TPSA) is 55.0 Å². The highest BCUT2D eigenvalue weighted by atomic mass is 16.5. The summed E-state index contributed by atoms with van der Waals surface area (Å²) >= 11 is 0. The Labute approximate surface area is 80.9 Å². The zero-order valence-electron chi connectivity index (χ0n) is 8.00. The van der Waals surface area contributed by atoms with Crippen molar-refractivity contribution >= 4 is 17.0 Å². The maximum atomic E-state index is 11.2. The Hall–Kier alpha value is -1.84. The molecule has 1 N–H and O–H groups in total. The molecule has 0 aliphatic rings. The summed E-state index contributed by atoms with van der Waals surface area (Å²) in [5, 5.41) is 0. The Morgan fingerprint density at radius 1 is 1.50 bits per heavy atom. The van der Waals surface area contributed by atoms with Crippen molar-refractivity contribution in [3.63, 3.8) is 0 Å². The van der Waals surface area contributed by atoms with Crippen molar-refractivity contribution in [1.29, 1.82) is 0 Å². The van der Waals surface area contributed by atoms with Gasteiger partial charge >= 0.3 is 5.97 Å². The van der Waals surface area contributed by atoms with Crippen LogP contribution in [0, 0.1) is 6.92 Å².